The second-order valence-electron chi connectivity index (χ2n) is 6.39. The molecule has 7 heteroatoms. The van der Waals surface area contributed by atoms with E-state index in [0.29, 0.717) is 18.8 Å². The van der Waals surface area contributed by atoms with Gasteiger partial charge >= 0.3 is 6.03 Å². The molecule has 0 radical (unpaired) electrons. The van der Waals surface area contributed by atoms with Gasteiger partial charge in [0.25, 0.3) is 0 Å². The zero-order chi connectivity index (χ0) is 17.8. The van der Waals surface area contributed by atoms with E-state index < -0.39 is 0 Å². The van der Waals surface area contributed by atoms with Crippen LogP contribution in [-0.4, -0.2) is 33.5 Å². The standard InChI is InChI=1S/C19H21N5O2/c25-19(21-10-15-5-1-4-14-6-2-8-20-18(14)15)23-16-11-22-24(12-16)13-17-7-3-9-26-17/h1-2,4-6,8,11-12,17H,3,7,9-10,13H2,(H2,21,23,25). The van der Waals surface area contributed by atoms with Crippen molar-refractivity contribution in [3.05, 3.63) is 54.5 Å². The lowest BCUT2D eigenvalue weighted by atomic mass is 10.1. The Balaban J connectivity index is 1.33. The lowest BCUT2D eigenvalue weighted by Gasteiger charge is -2.09. The number of nitrogens with zero attached hydrogens (tertiary/aromatic N) is 3. The van der Waals surface area contributed by atoms with E-state index in [9.17, 15) is 4.79 Å². The third-order valence-electron chi connectivity index (χ3n) is 4.46. The van der Waals surface area contributed by atoms with E-state index in [1.54, 1.807) is 17.1 Å². The minimum absolute atomic E-state index is 0.218. The molecule has 4 rings (SSSR count). The van der Waals surface area contributed by atoms with Gasteiger partial charge in [-0.05, 0) is 24.5 Å². The number of ether oxygens (including phenoxy) is 1. The summed E-state index contributed by atoms with van der Waals surface area (Å²) in [4.78, 5) is 16.6. The molecule has 2 aromatic heterocycles. The predicted octanol–water partition coefficient (Wildman–Crippen LogP) is 2.93. The molecule has 0 aliphatic carbocycles. The lowest BCUT2D eigenvalue weighted by molar-refractivity contribution is 0.0940. The summed E-state index contributed by atoms with van der Waals surface area (Å²) in [5, 5.41) is 11.0. The number of hydrogen-bond donors (Lipinski definition) is 2. The van der Waals surface area contributed by atoms with Crippen LogP contribution in [0.25, 0.3) is 10.9 Å². The van der Waals surface area contributed by atoms with Crippen molar-refractivity contribution in [3.8, 4) is 0 Å². The van der Waals surface area contributed by atoms with Gasteiger partial charge in [0, 0.05) is 30.9 Å². The topological polar surface area (TPSA) is 81.1 Å². The number of rotatable bonds is 5. The maximum atomic E-state index is 12.2. The first-order chi connectivity index (χ1) is 12.8. The van der Waals surface area contributed by atoms with Gasteiger partial charge in [0.1, 0.15) is 0 Å². The highest BCUT2D eigenvalue weighted by molar-refractivity contribution is 5.89. The van der Waals surface area contributed by atoms with Crippen LogP contribution in [0.4, 0.5) is 10.5 Å². The smallest absolute Gasteiger partial charge is 0.319 e. The number of benzene rings is 1. The largest absolute Gasteiger partial charge is 0.376 e. The second kappa shape index (κ2) is 7.53. The Hall–Kier alpha value is -2.93. The number of carbonyl (C=O) groups is 1. The van der Waals surface area contributed by atoms with Gasteiger partial charge in [0.05, 0.1) is 30.0 Å². The molecule has 1 fully saturated rings. The molecule has 1 unspecified atom stereocenters. The van der Waals surface area contributed by atoms with E-state index in [1.807, 2.05) is 36.5 Å². The molecular formula is C19H21N5O2. The van der Waals surface area contributed by atoms with Gasteiger partial charge in [-0.2, -0.15) is 5.10 Å². The Morgan fingerprint density at radius 2 is 2.23 bits per heavy atom. The van der Waals surface area contributed by atoms with Crippen LogP contribution in [0.5, 0.6) is 0 Å². The maximum absolute atomic E-state index is 12.2. The van der Waals surface area contributed by atoms with Gasteiger partial charge < -0.3 is 15.4 Å². The normalized spacial score (nSPS) is 16.7. The molecule has 3 aromatic rings. The predicted molar refractivity (Wildman–Crippen MR) is 98.8 cm³/mol. The van der Waals surface area contributed by atoms with E-state index in [2.05, 4.69) is 20.7 Å². The molecule has 26 heavy (non-hydrogen) atoms. The van der Waals surface area contributed by atoms with Crippen LogP contribution in [-0.2, 0) is 17.8 Å². The molecule has 1 aliphatic heterocycles. The Kier molecular flexibility index (Phi) is 4.79. The van der Waals surface area contributed by atoms with Crippen molar-refractivity contribution < 1.29 is 9.53 Å². The van der Waals surface area contributed by atoms with Crippen molar-refractivity contribution in [2.24, 2.45) is 0 Å². The summed E-state index contributed by atoms with van der Waals surface area (Å²) in [5.74, 6) is 0. The van der Waals surface area contributed by atoms with Crippen molar-refractivity contribution in [1.82, 2.24) is 20.1 Å². The van der Waals surface area contributed by atoms with Crippen molar-refractivity contribution in [1.29, 1.82) is 0 Å². The summed E-state index contributed by atoms with van der Waals surface area (Å²) in [6, 6.07) is 9.58. The molecule has 3 heterocycles. The van der Waals surface area contributed by atoms with Crippen LogP contribution in [0.2, 0.25) is 0 Å². The minimum atomic E-state index is -0.269. The van der Waals surface area contributed by atoms with Crippen LogP contribution in [0, 0.1) is 0 Å². The monoisotopic (exact) mass is 351 g/mol. The first-order valence-electron chi connectivity index (χ1n) is 8.79. The molecule has 0 saturated carbocycles. The van der Waals surface area contributed by atoms with Crippen LogP contribution < -0.4 is 10.6 Å². The Labute approximate surface area is 151 Å². The number of hydrogen-bond acceptors (Lipinski definition) is 4. The van der Waals surface area contributed by atoms with Crippen LogP contribution in [0.3, 0.4) is 0 Å². The third kappa shape index (κ3) is 3.83. The number of urea groups is 1. The van der Waals surface area contributed by atoms with Crippen molar-refractivity contribution >= 4 is 22.6 Å². The Morgan fingerprint density at radius 1 is 1.31 bits per heavy atom. The Bertz CT molecular complexity index is 896. The van der Waals surface area contributed by atoms with Crippen LogP contribution in [0.1, 0.15) is 18.4 Å². The number of aromatic nitrogens is 3. The number of fused-ring (bicyclic) bond motifs is 1. The molecule has 2 amide bonds. The van der Waals surface area contributed by atoms with Gasteiger partial charge in [-0.3, -0.25) is 9.67 Å². The number of nitrogens with one attached hydrogen (secondary N) is 2. The van der Waals surface area contributed by atoms with Gasteiger partial charge in [0.15, 0.2) is 0 Å². The zero-order valence-electron chi connectivity index (χ0n) is 14.4. The van der Waals surface area contributed by atoms with Crippen molar-refractivity contribution in [2.75, 3.05) is 11.9 Å². The molecular weight excluding hydrogens is 330 g/mol. The second-order valence-corrected chi connectivity index (χ2v) is 6.39. The van der Waals surface area contributed by atoms with E-state index >= 15 is 0 Å². The Morgan fingerprint density at radius 3 is 3.12 bits per heavy atom. The SMILES string of the molecule is O=C(NCc1cccc2cccnc12)Nc1cnn(CC2CCCO2)c1. The zero-order valence-corrected chi connectivity index (χ0v) is 14.4. The van der Waals surface area contributed by atoms with Gasteiger partial charge in [-0.25, -0.2) is 4.79 Å². The molecule has 1 aromatic carbocycles. The van der Waals surface area contributed by atoms with Gasteiger partial charge in [0.2, 0.25) is 0 Å². The summed E-state index contributed by atoms with van der Waals surface area (Å²) in [6.45, 7) is 1.94. The summed E-state index contributed by atoms with van der Waals surface area (Å²) in [5.41, 5.74) is 2.54. The summed E-state index contributed by atoms with van der Waals surface area (Å²) < 4.78 is 7.41. The third-order valence-corrected chi connectivity index (χ3v) is 4.46. The quantitative estimate of drug-likeness (QED) is 0.740. The fourth-order valence-electron chi connectivity index (χ4n) is 3.19. The van der Waals surface area contributed by atoms with Crippen molar-refractivity contribution in [3.63, 3.8) is 0 Å². The maximum Gasteiger partial charge on any atom is 0.319 e. The number of anilines is 1. The molecule has 134 valence electrons. The molecule has 7 nitrogen and oxygen atoms in total. The summed E-state index contributed by atoms with van der Waals surface area (Å²) in [6.07, 6.45) is 7.60. The molecule has 0 bridgehead atoms. The average Bonchev–Trinajstić information content (AvgIpc) is 3.32. The highest BCUT2D eigenvalue weighted by Gasteiger charge is 2.16. The van der Waals surface area contributed by atoms with Gasteiger partial charge in [-0.1, -0.05) is 24.3 Å². The van der Waals surface area contributed by atoms with E-state index in [0.717, 1.165) is 35.9 Å². The number of pyridine rings is 1. The number of carbonyl (C=O) groups excluding carboxylic acids is 1. The number of amides is 2. The van der Waals surface area contributed by atoms with Crippen LogP contribution >= 0.6 is 0 Å². The molecule has 2 N–H and O–H groups in total. The molecule has 1 aliphatic rings. The number of para-hydroxylation sites is 1. The summed E-state index contributed by atoms with van der Waals surface area (Å²) in [7, 11) is 0. The van der Waals surface area contributed by atoms with Gasteiger partial charge in [-0.15, -0.1) is 0 Å². The molecule has 1 saturated heterocycles. The highest BCUT2D eigenvalue weighted by Crippen LogP contribution is 2.16. The summed E-state index contributed by atoms with van der Waals surface area (Å²) >= 11 is 0. The fourth-order valence-corrected chi connectivity index (χ4v) is 3.19. The van der Waals surface area contributed by atoms with E-state index in [4.69, 9.17) is 4.74 Å². The average molecular weight is 351 g/mol. The lowest BCUT2D eigenvalue weighted by Crippen LogP contribution is -2.28. The first-order valence-corrected chi connectivity index (χ1v) is 8.79. The van der Waals surface area contributed by atoms with E-state index in [-0.39, 0.29) is 12.1 Å². The van der Waals surface area contributed by atoms with E-state index in [1.165, 1.54) is 0 Å². The minimum Gasteiger partial charge on any atom is -0.376 e. The van der Waals surface area contributed by atoms with Crippen LogP contribution in [0.15, 0.2) is 48.9 Å². The molecule has 1 atom stereocenters. The highest BCUT2D eigenvalue weighted by atomic mass is 16.5. The van der Waals surface area contributed by atoms with Crippen molar-refractivity contribution in [2.45, 2.75) is 32.0 Å². The fraction of sp³-hybridized carbons (Fsp3) is 0.316. The first kappa shape index (κ1) is 16.5. The molecule has 0 spiro atoms.